The third kappa shape index (κ3) is 16.3. The Morgan fingerprint density at radius 1 is 0.520 bits per heavy atom. The third-order valence-corrected chi connectivity index (χ3v) is 44.5. The molecule has 15 heteroatoms. The molecule has 11 rings (SSSR count). The van der Waals surface area contributed by atoms with Crippen LogP contribution in [0.2, 0.25) is 46.3 Å². The topological polar surface area (TPSA) is 109 Å². The number of ketones is 1. The maximum atomic E-state index is 15.6. The van der Waals surface area contributed by atoms with Crippen molar-refractivity contribution >= 4 is 59.8 Å². The van der Waals surface area contributed by atoms with Crippen molar-refractivity contribution in [1.82, 2.24) is 0 Å². The standard InChI is InChI=1S/C85H126O11Si4/c1-20-98(21-2,22-3)94-66-44-43-63-51-59(6)72(88-63)47-45-64-50-58(5)60(7)75(89-64)55-76-71(61(8)74(91-76)49-57(4)56-87-97(18,19)83(9,10)11)53-62(86)52-65-46-48-73-78(90-65)82(96-100(85(15,16)17,69-39-31-25-32-40-69)70-41-33-26-34-42-70)81-80(92-73)79(77(54-66)93-81)95-99(84(12,13)14,67-35-27-23-28-36-67)68-37-29-24-30-38-68/h23-44,57-58,61,63-66,71-82H,6-7,20-22,45-56H2,1-5,8-19H3/b44-43+/t57-,58+,61+,63-,64-,65?,66?,71+,72?,73-,74+,75?,76-,77+,78-,79-,80-,81+,82-/m0/s1. The van der Waals surface area contributed by atoms with E-state index in [4.69, 9.17) is 59.3 Å². The van der Waals surface area contributed by atoms with Gasteiger partial charge in [0.2, 0.25) is 0 Å². The second kappa shape index (κ2) is 31.7. The molecule has 7 aliphatic rings. The molecular weight excluding hydrogens is 1310 g/mol. The Morgan fingerprint density at radius 2 is 1.04 bits per heavy atom. The van der Waals surface area contributed by atoms with Gasteiger partial charge in [-0.05, 0) is 140 Å². The van der Waals surface area contributed by atoms with Crippen LogP contribution in [-0.2, 0) is 50.9 Å². The van der Waals surface area contributed by atoms with E-state index in [-0.39, 0.29) is 94.8 Å². The van der Waals surface area contributed by atoms with Crippen molar-refractivity contribution < 1.29 is 50.9 Å². The van der Waals surface area contributed by atoms with Gasteiger partial charge in [0.1, 0.15) is 36.3 Å². The molecule has 7 aliphatic heterocycles. The molecule has 4 aromatic rings. The Kier molecular flexibility index (Phi) is 24.5. The van der Waals surface area contributed by atoms with Gasteiger partial charge in [0.15, 0.2) is 16.6 Å². The number of rotatable bonds is 18. The van der Waals surface area contributed by atoms with Gasteiger partial charge in [-0.2, -0.15) is 0 Å². The van der Waals surface area contributed by atoms with E-state index >= 15 is 4.79 Å². The summed E-state index contributed by atoms with van der Waals surface area (Å²) in [6, 6.07) is 46.9. The van der Waals surface area contributed by atoms with Gasteiger partial charge in [0.25, 0.3) is 16.6 Å². The number of Topliss-reactive ketones (excluding diaryl/α,β-unsaturated/α-hetero) is 1. The van der Waals surface area contributed by atoms with Gasteiger partial charge < -0.3 is 46.1 Å². The van der Waals surface area contributed by atoms with Gasteiger partial charge in [-0.15, -0.1) is 0 Å². The Labute approximate surface area is 607 Å². The highest BCUT2D eigenvalue weighted by atomic mass is 28.4. The second-order valence-electron chi connectivity index (χ2n) is 35.0. The van der Waals surface area contributed by atoms with Crippen LogP contribution in [0, 0.1) is 23.7 Å². The number of ether oxygens (including phenoxy) is 6. The van der Waals surface area contributed by atoms with Crippen LogP contribution in [0.25, 0.3) is 0 Å². The van der Waals surface area contributed by atoms with Crippen LogP contribution in [-0.4, -0.2) is 137 Å². The number of hydrogen-bond donors (Lipinski definition) is 0. The molecule has 0 amide bonds. The highest BCUT2D eigenvalue weighted by Gasteiger charge is 2.65. The lowest BCUT2D eigenvalue weighted by atomic mass is 9.78. The Morgan fingerprint density at radius 3 is 1.57 bits per heavy atom. The van der Waals surface area contributed by atoms with Crippen molar-refractivity contribution in [2.24, 2.45) is 23.7 Å². The maximum Gasteiger partial charge on any atom is 0.261 e. The Bertz CT molecular complexity index is 3270. The molecule has 0 radical (unpaired) electrons. The molecule has 0 N–H and O–H groups in total. The van der Waals surface area contributed by atoms with Crippen LogP contribution >= 0.6 is 0 Å². The lowest BCUT2D eigenvalue weighted by Gasteiger charge is -2.53. The Hall–Kier alpha value is -3.76. The first-order valence-electron chi connectivity index (χ1n) is 38.8. The summed E-state index contributed by atoms with van der Waals surface area (Å²) in [5.74, 6) is 0.824. The van der Waals surface area contributed by atoms with E-state index in [2.05, 4.69) is 250 Å². The molecule has 6 saturated heterocycles. The minimum atomic E-state index is -3.38. The van der Waals surface area contributed by atoms with Crippen LogP contribution in [0.4, 0.5) is 0 Å². The summed E-state index contributed by atoms with van der Waals surface area (Å²) in [4.78, 5) is 15.6. The first kappa shape index (κ1) is 77.3. The van der Waals surface area contributed by atoms with Crippen LogP contribution in [0.5, 0.6) is 0 Å². The van der Waals surface area contributed by atoms with Gasteiger partial charge in [-0.3, -0.25) is 4.79 Å². The normalized spacial score (nSPS) is 32.9. The minimum absolute atomic E-state index is 0.0199. The maximum absolute atomic E-state index is 15.6. The predicted molar refractivity (Wildman–Crippen MR) is 416 cm³/mol. The molecule has 100 heavy (non-hydrogen) atoms. The van der Waals surface area contributed by atoms with Crippen LogP contribution in [0.15, 0.2) is 158 Å². The predicted octanol–water partition coefficient (Wildman–Crippen LogP) is 17.0. The highest BCUT2D eigenvalue weighted by molar-refractivity contribution is 7.00. The summed E-state index contributed by atoms with van der Waals surface area (Å²) in [6.45, 7) is 49.7. The summed E-state index contributed by atoms with van der Waals surface area (Å²) in [6.07, 6.45) is 6.47. The smallest absolute Gasteiger partial charge is 0.261 e. The minimum Gasteiger partial charge on any atom is -0.417 e. The van der Waals surface area contributed by atoms with E-state index in [9.17, 15) is 0 Å². The van der Waals surface area contributed by atoms with Gasteiger partial charge >= 0.3 is 0 Å². The van der Waals surface area contributed by atoms with E-state index < -0.39 is 81.0 Å². The zero-order valence-electron chi connectivity index (χ0n) is 64.2. The molecule has 0 aromatic heterocycles. The van der Waals surface area contributed by atoms with Crippen molar-refractivity contribution in [2.45, 2.75) is 312 Å². The molecule has 4 aromatic carbocycles. The van der Waals surface area contributed by atoms with Gasteiger partial charge in [0.05, 0.1) is 61.0 Å². The van der Waals surface area contributed by atoms with Gasteiger partial charge in [0, 0.05) is 38.7 Å². The van der Waals surface area contributed by atoms with E-state index in [0.717, 1.165) is 61.4 Å². The number of fused-ring (bicyclic) bond motifs is 7. The first-order chi connectivity index (χ1) is 47.4. The van der Waals surface area contributed by atoms with E-state index in [1.165, 1.54) is 20.7 Å². The zero-order valence-corrected chi connectivity index (χ0v) is 68.2. The molecule has 0 saturated carbocycles. The lowest BCUT2D eigenvalue weighted by Crippen LogP contribution is -2.73. The third-order valence-electron chi connectivity index (χ3n) is 25.3. The SMILES string of the molecule is C=C1C[C@@H]2/C=C/C(O[Si](CC)(CC)CC)C[C@H]3O[C@H]4[C@@H](O[Si](c5ccccc5)(c5ccccc5)C(C)(C)C)[C@H]5OC(CC[C@@H]5O[C@H]4[C@H]3O[Si](c3ccccc3)(c3ccccc3)C(C)(C)C)CC(=O)C[C@@H]3[C@@H](C)[C@@H](C[C@H](C)CO[Si](C)(C)C(C)(C)C)O[C@H]3CC3O[C@@H](CCC1O2)C[C@@H](C)C3=C. The second-order valence-corrected chi connectivity index (χ2v) is 53.0. The van der Waals surface area contributed by atoms with Gasteiger partial charge in [-0.25, -0.2) is 0 Å². The van der Waals surface area contributed by atoms with Crippen LogP contribution < -0.4 is 20.7 Å². The van der Waals surface area contributed by atoms with Crippen LogP contribution in [0.3, 0.4) is 0 Å². The average molecular weight is 1440 g/mol. The summed E-state index contributed by atoms with van der Waals surface area (Å²) in [5, 5.41) is 4.07. The zero-order chi connectivity index (χ0) is 71.7. The molecule has 8 bridgehead atoms. The molecule has 7 heterocycles. The molecule has 0 aliphatic carbocycles. The number of carbonyl (C=O) groups is 1. The molecular formula is C85H126O11Si4. The molecule has 4 unspecified atom stereocenters. The van der Waals surface area contributed by atoms with Crippen molar-refractivity contribution in [2.75, 3.05) is 6.61 Å². The van der Waals surface area contributed by atoms with E-state index in [1.807, 2.05) is 0 Å². The fraction of sp³-hybridized carbons (Fsp3) is 0.635. The average Bonchev–Trinajstić information content (AvgIpc) is 1.34. The monoisotopic (exact) mass is 1430 g/mol. The number of hydrogen-bond acceptors (Lipinski definition) is 11. The molecule has 11 nitrogen and oxygen atoms in total. The quantitative estimate of drug-likeness (QED) is 0.0702. The highest BCUT2D eigenvalue weighted by Crippen LogP contribution is 2.51. The van der Waals surface area contributed by atoms with Crippen molar-refractivity contribution in [1.29, 1.82) is 0 Å². The molecule has 0 spiro atoms. The molecule has 548 valence electrons. The first-order valence-corrected chi connectivity index (χ1v) is 48.1. The summed E-state index contributed by atoms with van der Waals surface area (Å²) in [7, 11) is -11.0. The van der Waals surface area contributed by atoms with Gasteiger partial charge in [-0.1, -0.05) is 250 Å². The Balaban J connectivity index is 1.04. The largest absolute Gasteiger partial charge is 0.417 e. The lowest BCUT2D eigenvalue weighted by molar-refractivity contribution is -0.254. The summed E-state index contributed by atoms with van der Waals surface area (Å²) >= 11 is 0. The van der Waals surface area contributed by atoms with Crippen LogP contribution in [0.1, 0.15) is 174 Å². The van der Waals surface area contributed by atoms with Crippen molar-refractivity contribution in [3.63, 3.8) is 0 Å². The van der Waals surface area contributed by atoms with Crippen molar-refractivity contribution in [3.8, 4) is 0 Å². The fourth-order valence-corrected chi connectivity index (χ4v) is 31.4. The number of benzene rings is 4. The molecule has 19 atom stereocenters. The summed E-state index contributed by atoms with van der Waals surface area (Å²) in [5.41, 5.74) is 2.24. The number of carbonyl (C=O) groups excluding carboxylic acids is 1. The molecule has 6 fully saturated rings. The fourth-order valence-electron chi connectivity index (χ4n) is 18.1. The summed E-state index contributed by atoms with van der Waals surface area (Å²) < 4.78 is 77.2. The van der Waals surface area contributed by atoms with Crippen molar-refractivity contribution in [3.05, 3.63) is 158 Å². The van der Waals surface area contributed by atoms with E-state index in [1.54, 1.807) is 0 Å². The van der Waals surface area contributed by atoms with E-state index in [0.29, 0.717) is 38.7 Å².